The molecule has 1 N–H and O–H groups in total. The Bertz CT molecular complexity index is 611. The first-order valence-corrected chi connectivity index (χ1v) is 8.80. The summed E-state index contributed by atoms with van der Waals surface area (Å²) in [7, 11) is 0. The van der Waals surface area contributed by atoms with Gasteiger partial charge < -0.3 is 5.11 Å². The molecule has 2 saturated carbocycles. The van der Waals surface area contributed by atoms with Crippen molar-refractivity contribution in [3.05, 3.63) is 23.3 Å². The number of aliphatic hydroxyl groups is 1. The molecule has 2 bridgehead atoms. The molecule has 0 saturated heterocycles. The molecular weight excluding hydrogens is 272 g/mol. The van der Waals surface area contributed by atoms with Gasteiger partial charge in [-0.05, 0) is 55.4 Å². The summed E-state index contributed by atoms with van der Waals surface area (Å²) in [4.78, 5) is 13.6. The third-order valence-electron chi connectivity index (χ3n) is 7.61. The van der Waals surface area contributed by atoms with Crippen LogP contribution in [0.4, 0.5) is 0 Å². The largest absolute Gasteiger partial charge is 0.388 e. The van der Waals surface area contributed by atoms with E-state index in [0.29, 0.717) is 29.0 Å². The van der Waals surface area contributed by atoms with Gasteiger partial charge in [-0.1, -0.05) is 38.5 Å². The third-order valence-corrected chi connectivity index (χ3v) is 7.61. The lowest BCUT2D eigenvalue weighted by molar-refractivity contribution is -0.135. The topological polar surface area (TPSA) is 37.3 Å². The van der Waals surface area contributed by atoms with Crippen molar-refractivity contribution in [2.75, 3.05) is 0 Å². The van der Waals surface area contributed by atoms with Crippen LogP contribution in [0.2, 0.25) is 0 Å². The molecule has 7 atom stereocenters. The molecule has 120 valence electrons. The minimum Gasteiger partial charge on any atom is -0.388 e. The number of allylic oxidation sites excluding steroid dienone is 3. The van der Waals surface area contributed by atoms with Gasteiger partial charge in [-0.3, -0.25) is 4.79 Å². The van der Waals surface area contributed by atoms with Crippen LogP contribution in [0.25, 0.3) is 0 Å². The van der Waals surface area contributed by atoms with E-state index in [9.17, 15) is 9.90 Å². The highest BCUT2D eigenvalue weighted by molar-refractivity contribution is 5.93. The van der Waals surface area contributed by atoms with Gasteiger partial charge in [0, 0.05) is 11.8 Å². The van der Waals surface area contributed by atoms with E-state index in [4.69, 9.17) is 0 Å². The molecule has 0 aliphatic heterocycles. The van der Waals surface area contributed by atoms with Crippen molar-refractivity contribution >= 4 is 5.78 Å². The summed E-state index contributed by atoms with van der Waals surface area (Å²) >= 11 is 0. The van der Waals surface area contributed by atoms with E-state index < -0.39 is 11.5 Å². The minimum absolute atomic E-state index is 0.0527. The fourth-order valence-electron chi connectivity index (χ4n) is 6.31. The Balaban J connectivity index is 1.90. The number of hydrogen-bond donors (Lipinski definition) is 1. The number of carbonyl (C=O) groups is 1. The molecule has 1 spiro atoms. The average Bonchev–Trinajstić information content (AvgIpc) is 2.92. The maximum atomic E-state index is 13.6. The maximum Gasteiger partial charge on any atom is 0.150 e. The summed E-state index contributed by atoms with van der Waals surface area (Å²) in [5, 5.41) is 10.7. The van der Waals surface area contributed by atoms with E-state index in [2.05, 4.69) is 39.8 Å². The van der Waals surface area contributed by atoms with E-state index in [1.165, 1.54) is 5.57 Å². The molecule has 0 radical (unpaired) electrons. The van der Waals surface area contributed by atoms with Crippen molar-refractivity contribution in [2.45, 2.75) is 53.6 Å². The van der Waals surface area contributed by atoms with Crippen molar-refractivity contribution in [3.63, 3.8) is 0 Å². The Morgan fingerprint density at radius 3 is 2.59 bits per heavy atom. The number of hydrogen-bond acceptors (Lipinski definition) is 2. The smallest absolute Gasteiger partial charge is 0.150 e. The minimum atomic E-state index is -0.448. The molecule has 0 aromatic carbocycles. The molecule has 2 nitrogen and oxygen atoms in total. The van der Waals surface area contributed by atoms with Crippen molar-refractivity contribution in [3.8, 4) is 0 Å². The fourth-order valence-corrected chi connectivity index (χ4v) is 6.31. The van der Waals surface area contributed by atoms with Gasteiger partial charge in [0.15, 0.2) is 5.78 Å². The van der Waals surface area contributed by atoms with Gasteiger partial charge in [-0.2, -0.15) is 0 Å². The van der Waals surface area contributed by atoms with E-state index in [1.807, 2.05) is 6.92 Å². The van der Waals surface area contributed by atoms with Crippen LogP contribution < -0.4 is 0 Å². The van der Waals surface area contributed by atoms with Crippen LogP contribution in [0.15, 0.2) is 23.3 Å². The third kappa shape index (κ3) is 1.52. The molecule has 0 heterocycles. The molecule has 22 heavy (non-hydrogen) atoms. The van der Waals surface area contributed by atoms with E-state index >= 15 is 0 Å². The number of Topliss-reactive ketones (excluding diaryl/α,β-unsaturated/α-hetero) is 1. The zero-order chi connectivity index (χ0) is 16.0. The van der Waals surface area contributed by atoms with E-state index in [-0.39, 0.29) is 11.8 Å². The summed E-state index contributed by atoms with van der Waals surface area (Å²) < 4.78 is 0. The number of carbonyl (C=O) groups excluding carboxylic acids is 1. The summed E-state index contributed by atoms with van der Waals surface area (Å²) in [6.07, 6.45) is 5.95. The summed E-state index contributed by atoms with van der Waals surface area (Å²) in [5.41, 5.74) is 2.17. The predicted octanol–water partition coefficient (Wildman–Crippen LogP) is 3.76. The number of ketones is 1. The van der Waals surface area contributed by atoms with Crippen molar-refractivity contribution in [2.24, 2.45) is 40.4 Å². The number of rotatable bonds is 0. The molecule has 4 rings (SSSR count). The SMILES string of the molecule is CC1=C[C@@H]2C(=O)[C@]3(C=C(C)[C@@H](O)[C@H]3C1)[C@H](C)C[C@@H]1[C@H]2C1(C)C. The molecule has 4 aliphatic carbocycles. The second kappa shape index (κ2) is 4.14. The van der Waals surface area contributed by atoms with Crippen molar-refractivity contribution < 1.29 is 9.90 Å². The lowest BCUT2D eigenvalue weighted by atomic mass is 9.62. The molecule has 0 unspecified atom stereocenters. The quantitative estimate of drug-likeness (QED) is 0.692. The highest BCUT2D eigenvalue weighted by Crippen LogP contribution is 2.70. The highest BCUT2D eigenvalue weighted by Gasteiger charge is 2.69. The second-order valence-corrected chi connectivity index (χ2v) is 9.07. The Hall–Kier alpha value is -0.890. The van der Waals surface area contributed by atoms with E-state index in [0.717, 1.165) is 18.4 Å². The van der Waals surface area contributed by atoms with Gasteiger partial charge in [0.1, 0.15) is 0 Å². The Morgan fingerprint density at radius 1 is 1.23 bits per heavy atom. The Labute approximate surface area is 133 Å². The Morgan fingerprint density at radius 2 is 1.91 bits per heavy atom. The normalized spacial score (nSPS) is 52.0. The predicted molar refractivity (Wildman–Crippen MR) is 87.1 cm³/mol. The lowest BCUT2D eigenvalue weighted by Crippen LogP contribution is -2.45. The molecule has 0 aromatic heterocycles. The molecule has 2 fully saturated rings. The summed E-state index contributed by atoms with van der Waals surface area (Å²) in [5.74, 6) is 2.00. The summed E-state index contributed by atoms with van der Waals surface area (Å²) in [6, 6.07) is 0. The van der Waals surface area contributed by atoms with Gasteiger partial charge in [0.05, 0.1) is 11.5 Å². The monoisotopic (exact) mass is 300 g/mol. The first kappa shape index (κ1) is 14.7. The van der Waals surface area contributed by atoms with Gasteiger partial charge >= 0.3 is 0 Å². The van der Waals surface area contributed by atoms with Crippen LogP contribution in [-0.2, 0) is 4.79 Å². The standard InChI is InChI=1S/C20H28O2/c1-10-6-13-16-14(19(16,4)5)8-12(3)20(18(13)22)9-11(2)17(21)15(20)7-10/h6,9,12-17,21H,7-8H2,1-5H3/t12-,13+,14-,15-,16+,17-,20-/m1/s1. The van der Waals surface area contributed by atoms with Crippen LogP contribution in [-0.4, -0.2) is 17.0 Å². The van der Waals surface area contributed by atoms with Gasteiger partial charge in [-0.25, -0.2) is 0 Å². The zero-order valence-corrected chi connectivity index (χ0v) is 14.4. The van der Waals surface area contributed by atoms with Gasteiger partial charge in [0.2, 0.25) is 0 Å². The average molecular weight is 300 g/mol. The first-order valence-electron chi connectivity index (χ1n) is 8.80. The molecule has 0 aromatic rings. The van der Waals surface area contributed by atoms with Crippen LogP contribution in [0.5, 0.6) is 0 Å². The van der Waals surface area contributed by atoms with Crippen LogP contribution in [0.3, 0.4) is 0 Å². The molecular formula is C20H28O2. The molecule has 0 amide bonds. The highest BCUT2D eigenvalue weighted by atomic mass is 16.3. The maximum absolute atomic E-state index is 13.6. The summed E-state index contributed by atoms with van der Waals surface area (Å²) in [6.45, 7) is 11.1. The van der Waals surface area contributed by atoms with E-state index in [1.54, 1.807) is 0 Å². The lowest BCUT2D eigenvalue weighted by Gasteiger charge is -2.40. The fraction of sp³-hybridized carbons (Fsp3) is 0.750. The van der Waals surface area contributed by atoms with Gasteiger partial charge in [0.25, 0.3) is 0 Å². The van der Waals surface area contributed by atoms with Crippen molar-refractivity contribution in [1.29, 1.82) is 0 Å². The molecule has 4 aliphatic rings. The Kier molecular flexibility index (Phi) is 2.76. The number of fused-ring (bicyclic) bond motifs is 3. The van der Waals surface area contributed by atoms with Gasteiger partial charge in [-0.15, -0.1) is 0 Å². The first-order chi connectivity index (χ1) is 10.2. The van der Waals surface area contributed by atoms with Crippen molar-refractivity contribution in [1.82, 2.24) is 0 Å². The number of aliphatic hydroxyl groups excluding tert-OH is 1. The zero-order valence-electron chi connectivity index (χ0n) is 14.4. The van der Waals surface area contributed by atoms with Crippen LogP contribution in [0.1, 0.15) is 47.5 Å². The molecule has 2 heteroatoms. The van der Waals surface area contributed by atoms with Crippen LogP contribution in [0, 0.1) is 40.4 Å². The van der Waals surface area contributed by atoms with Crippen LogP contribution >= 0.6 is 0 Å². The second-order valence-electron chi connectivity index (χ2n) is 9.07.